The summed E-state index contributed by atoms with van der Waals surface area (Å²) >= 11 is 0. The Bertz CT molecular complexity index is 964. The maximum absolute atomic E-state index is 12.5. The lowest BCUT2D eigenvalue weighted by molar-refractivity contribution is -0.122. The topological polar surface area (TPSA) is 80.3 Å². The highest BCUT2D eigenvalue weighted by atomic mass is 16.5. The molecule has 0 radical (unpaired) electrons. The third-order valence-electron chi connectivity index (χ3n) is 4.27. The minimum atomic E-state index is -0.572. The van der Waals surface area contributed by atoms with Crippen LogP contribution in [-0.4, -0.2) is 22.9 Å². The fourth-order valence-electron chi connectivity index (χ4n) is 2.93. The SMILES string of the molecule is O=C(Nc1ccncc1)c1cccc(NC(=O)[C@@H]2Cc3ccccc3O2)c1. The number of ether oxygens (including phenoxy) is 1. The molecule has 0 fully saturated rings. The van der Waals surface area contributed by atoms with Crippen molar-refractivity contribution in [2.45, 2.75) is 12.5 Å². The number of hydrogen-bond acceptors (Lipinski definition) is 4. The van der Waals surface area contributed by atoms with Gasteiger partial charge in [0.2, 0.25) is 0 Å². The van der Waals surface area contributed by atoms with Crippen molar-refractivity contribution in [3.8, 4) is 5.75 Å². The zero-order valence-electron chi connectivity index (χ0n) is 14.4. The van der Waals surface area contributed by atoms with Crippen molar-refractivity contribution in [1.82, 2.24) is 4.98 Å². The Hall–Kier alpha value is -3.67. The van der Waals surface area contributed by atoms with Crippen molar-refractivity contribution >= 4 is 23.2 Å². The molecule has 0 saturated heterocycles. The van der Waals surface area contributed by atoms with E-state index in [1.807, 2.05) is 24.3 Å². The summed E-state index contributed by atoms with van der Waals surface area (Å²) in [5.41, 5.74) is 2.66. The molecular weight excluding hydrogens is 342 g/mol. The number of rotatable bonds is 4. The molecule has 6 heteroatoms. The number of anilines is 2. The maximum atomic E-state index is 12.5. The van der Waals surface area contributed by atoms with E-state index < -0.39 is 6.10 Å². The van der Waals surface area contributed by atoms with E-state index in [2.05, 4.69) is 15.6 Å². The predicted octanol–water partition coefficient (Wildman–Crippen LogP) is 3.28. The third-order valence-corrected chi connectivity index (χ3v) is 4.27. The van der Waals surface area contributed by atoms with Gasteiger partial charge in [0, 0.05) is 35.8 Å². The second kappa shape index (κ2) is 7.29. The van der Waals surface area contributed by atoms with Gasteiger partial charge in [-0.15, -0.1) is 0 Å². The molecule has 0 aliphatic carbocycles. The van der Waals surface area contributed by atoms with Crippen LogP contribution >= 0.6 is 0 Å². The molecule has 1 aliphatic rings. The van der Waals surface area contributed by atoms with Crippen LogP contribution in [0, 0.1) is 0 Å². The maximum Gasteiger partial charge on any atom is 0.265 e. The Labute approximate surface area is 156 Å². The number of carbonyl (C=O) groups is 2. The average molecular weight is 359 g/mol. The van der Waals surface area contributed by atoms with Gasteiger partial charge in [0.15, 0.2) is 6.10 Å². The molecule has 4 rings (SSSR count). The molecule has 1 atom stereocenters. The van der Waals surface area contributed by atoms with E-state index in [1.54, 1.807) is 48.8 Å². The lowest BCUT2D eigenvalue weighted by Crippen LogP contribution is -2.31. The number of nitrogens with one attached hydrogen (secondary N) is 2. The highest BCUT2D eigenvalue weighted by Crippen LogP contribution is 2.28. The lowest BCUT2D eigenvalue weighted by atomic mass is 10.1. The third kappa shape index (κ3) is 3.79. The number of pyridine rings is 1. The number of fused-ring (bicyclic) bond motifs is 1. The minimum absolute atomic E-state index is 0.238. The second-order valence-corrected chi connectivity index (χ2v) is 6.18. The molecule has 0 unspecified atom stereocenters. The van der Waals surface area contributed by atoms with Crippen LogP contribution in [0.3, 0.4) is 0 Å². The molecule has 1 aromatic heterocycles. The van der Waals surface area contributed by atoms with Crippen molar-refractivity contribution in [2.24, 2.45) is 0 Å². The van der Waals surface area contributed by atoms with E-state index in [0.29, 0.717) is 23.4 Å². The minimum Gasteiger partial charge on any atom is -0.480 e. The first kappa shape index (κ1) is 16.8. The number of carbonyl (C=O) groups excluding carboxylic acids is 2. The van der Waals surface area contributed by atoms with Gasteiger partial charge in [-0.3, -0.25) is 14.6 Å². The molecule has 2 heterocycles. The van der Waals surface area contributed by atoms with Crippen LogP contribution in [0.2, 0.25) is 0 Å². The Morgan fingerprint density at radius 3 is 2.56 bits per heavy atom. The Morgan fingerprint density at radius 1 is 0.926 bits per heavy atom. The molecular formula is C21H17N3O3. The van der Waals surface area contributed by atoms with Crippen LogP contribution in [0.25, 0.3) is 0 Å². The van der Waals surface area contributed by atoms with Crippen molar-refractivity contribution in [1.29, 1.82) is 0 Å². The van der Waals surface area contributed by atoms with Gasteiger partial charge < -0.3 is 15.4 Å². The van der Waals surface area contributed by atoms with Crippen LogP contribution in [0.15, 0.2) is 73.1 Å². The summed E-state index contributed by atoms with van der Waals surface area (Å²) in [6, 6.07) is 17.8. The summed E-state index contributed by atoms with van der Waals surface area (Å²) in [4.78, 5) is 28.8. The largest absolute Gasteiger partial charge is 0.480 e. The molecule has 2 N–H and O–H groups in total. The zero-order valence-corrected chi connectivity index (χ0v) is 14.4. The number of amides is 2. The van der Waals surface area contributed by atoms with E-state index in [4.69, 9.17) is 4.74 Å². The first-order valence-electron chi connectivity index (χ1n) is 8.56. The summed E-state index contributed by atoms with van der Waals surface area (Å²) in [6.07, 6.45) is 3.17. The first-order valence-corrected chi connectivity index (χ1v) is 8.56. The molecule has 27 heavy (non-hydrogen) atoms. The van der Waals surface area contributed by atoms with Crippen LogP contribution in [0.1, 0.15) is 15.9 Å². The molecule has 0 spiro atoms. The first-order chi connectivity index (χ1) is 13.2. The van der Waals surface area contributed by atoms with Crippen molar-refractivity contribution in [3.63, 3.8) is 0 Å². The zero-order chi connectivity index (χ0) is 18.6. The molecule has 134 valence electrons. The van der Waals surface area contributed by atoms with E-state index in [1.165, 1.54) is 0 Å². The smallest absolute Gasteiger partial charge is 0.265 e. The number of nitrogens with zero attached hydrogens (tertiary/aromatic N) is 1. The summed E-state index contributed by atoms with van der Waals surface area (Å²) < 4.78 is 5.70. The van der Waals surface area contributed by atoms with Crippen LogP contribution in [0.4, 0.5) is 11.4 Å². The van der Waals surface area contributed by atoms with E-state index in [0.717, 1.165) is 11.3 Å². The molecule has 3 aromatic rings. The number of aromatic nitrogens is 1. The van der Waals surface area contributed by atoms with Gasteiger partial charge in [-0.05, 0) is 42.0 Å². The second-order valence-electron chi connectivity index (χ2n) is 6.18. The average Bonchev–Trinajstić information content (AvgIpc) is 3.13. The molecule has 6 nitrogen and oxygen atoms in total. The highest BCUT2D eigenvalue weighted by Gasteiger charge is 2.28. The fourth-order valence-corrected chi connectivity index (χ4v) is 2.93. The molecule has 1 aliphatic heterocycles. The van der Waals surface area contributed by atoms with Gasteiger partial charge in [-0.2, -0.15) is 0 Å². The number of hydrogen-bond donors (Lipinski definition) is 2. The Morgan fingerprint density at radius 2 is 1.74 bits per heavy atom. The van der Waals surface area contributed by atoms with Gasteiger partial charge in [0.25, 0.3) is 11.8 Å². The molecule has 2 amide bonds. The van der Waals surface area contributed by atoms with E-state index in [-0.39, 0.29) is 11.8 Å². The number of para-hydroxylation sites is 1. The summed E-state index contributed by atoms with van der Waals surface area (Å²) in [5.74, 6) is 0.239. The van der Waals surface area contributed by atoms with Gasteiger partial charge >= 0.3 is 0 Å². The van der Waals surface area contributed by atoms with Crippen molar-refractivity contribution in [3.05, 3.63) is 84.2 Å². The summed E-state index contributed by atoms with van der Waals surface area (Å²) in [6.45, 7) is 0. The quantitative estimate of drug-likeness (QED) is 0.749. The predicted molar refractivity (Wildman–Crippen MR) is 102 cm³/mol. The van der Waals surface area contributed by atoms with Gasteiger partial charge in [0.05, 0.1) is 0 Å². The van der Waals surface area contributed by atoms with E-state index in [9.17, 15) is 9.59 Å². The number of benzene rings is 2. The normalized spacial score (nSPS) is 14.7. The van der Waals surface area contributed by atoms with Crippen molar-refractivity contribution in [2.75, 3.05) is 10.6 Å². The highest BCUT2D eigenvalue weighted by molar-refractivity contribution is 6.05. The monoisotopic (exact) mass is 359 g/mol. The summed E-state index contributed by atoms with van der Waals surface area (Å²) in [7, 11) is 0. The standard InChI is InChI=1S/C21H17N3O3/c25-20(23-16-8-10-22-11-9-16)15-5-3-6-17(12-15)24-21(26)19-13-14-4-1-2-7-18(14)27-19/h1-12,19H,13H2,(H,24,26)(H,22,23,25)/t19-/m0/s1. The Kier molecular flexibility index (Phi) is 4.53. The van der Waals surface area contributed by atoms with E-state index >= 15 is 0 Å². The van der Waals surface area contributed by atoms with Crippen LogP contribution < -0.4 is 15.4 Å². The molecule has 0 saturated carbocycles. The Balaban J connectivity index is 1.42. The van der Waals surface area contributed by atoms with Gasteiger partial charge in [0.1, 0.15) is 5.75 Å². The molecule has 2 aromatic carbocycles. The van der Waals surface area contributed by atoms with Gasteiger partial charge in [-0.1, -0.05) is 24.3 Å². The van der Waals surface area contributed by atoms with Crippen molar-refractivity contribution < 1.29 is 14.3 Å². The lowest BCUT2D eigenvalue weighted by Gasteiger charge is -2.12. The fraction of sp³-hybridized carbons (Fsp3) is 0.0952. The van der Waals surface area contributed by atoms with Crippen LogP contribution in [0.5, 0.6) is 5.75 Å². The van der Waals surface area contributed by atoms with Gasteiger partial charge in [-0.25, -0.2) is 0 Å². The van der Waals surface area contributed by atoms with Crippen LogP contribution in [-0.2, 0) is 11.2 Å². The molecule has 0 bridgehead atoms. The summed E-state index contributed by atoms with van der Waals surface area (Å²) in [5, 5.41) is 5.61.